The number of benzene rings is 2. The molecule has 7 nitrogen and oxygen atoms in total. The van der Waals surface area contributed by atoms with Gasteiger partial charge < -0.3 is 15.0 Å². The van der Waals surface area contributed by atoms with Crippen molar-refractivity contribution in [2.45, 2.75) is 32.0 Å². The van der Waals surface area contributed by atoms with Crippen LogP contribution in [0.4, 0.5) is 18.9 Å². The van der Waals surface area contributed by atoms with Crippen LogP contribution in [-0.2, 0) is 22.3 Å². The van der Waals surface area contributed by atoms with E-state index < -0.39 is 29.5 Å². The van der Waals surface area contributed by atoms with Gasteiger partial charge in [-0.05, 0) is 23.8 Å². The van der Waals surface area contributed by atoms with Crippen molar-refractivity contribution in [1.29, 1.82) is 0 Å². The van der Waals surface area contributed by atoms with Crippen molar-refractivity contribution in [2.24, 2.45) is 0 Å². The molecule has 3 aromatic rings. The Morgan fingerprint density at radius 2 is 1.81 bits per heavy atom. The van der Waals surface area contributed by atoms with Crippen LogP contribution in [0.25, 0.3) is 0 Å². The molecule has 1 unspecified atom stereocenters. The molecule has 0 saturated carbocycles. The quantitative estimate of drug-likeness (QED) is 0.405. The number of aromatic nitrogens is 1. The predicted molar refractivity (Wildman–Crippen MR) is 129 cm³/mol. The molecule has 2 amide bonds. The molecule has 1 heterocycles. The zero-order chi connectivity index (χ0) is 26.5. The van der Waals surface area contributed by atoms with Crippen molar-refractivity contribution >= 4 is 34.8 Å². The van der Waals surface area contributed by atoms with E-state index in [9.17, 15) is 27.6 Å². The van der Waals surface area contributed by atoms with E-state index in [1.807, 2.05) is 30.3 Å². The number of hydrogen-bond donors (Lipinski definition) is 1. The molecule has 3 rings (SSSR count). The molecule has 0 aliphatic rings. The molecule has 1 atom stereocenters. The van der Waals surface area contributed by atoms with E-state index in [2.05, 4.69) is 10.3 Å². The van der Waals surface area contributed by atoms with Crippen LogP contribution in [0, 0.1) is 0 Å². The Bertz CT molecular complexity index is 1240. The lowest BCUT2D eigenvalue weighted by Crippen LogP contribution is -2.23. The third-order valence-corrected chi connectivity index (χ3v) is 6.28. The number of amides is 2. The Labute approximate surface area is 209 Å². The molecular weight excluding hydrogens is 495 g/mol. The minimum atomic E-state index is -4.70. The standard InChI is InChI=1S/C25H24F3N3O4S/c1-15(9-21(32)35-14-16-7-5-4-6-8-16)23-29-13-20(36-23)22(33)30-19-11-17(24(34)31(2)3)10-18(12-19)25(26,27)28/h4-8,10-13,15H,9,14H2,1-3H3,(H,30,33). The maximum Gasteiger partial charge on any atom is 0.416 e. The van der Waals surface area contributed by atoms with E-state index in [1.54, 1.807) is 6.92 Å². The summed E-state index contributed by atoms with van der Waals surface area (Å²) in [5.41, 5.74) is -0.583. The highest BCUT2D eigenvalue weighted by Gasteiger charge is 2.32. The van der Waals surface area contributed by atoms with Gasteiger partial charge in [0.05, 0.1) is 23.2 Å². The van der Waals surface area contributed by atoms with Gasteiger partial charge in [-0.3, -0.25) is 14.4 Å². The Hall–Kier alpha value is -3.73. The molecule has 1 N–H and O–H groups in total. The van der Waals surface area contributed by atoms with E-state index in [0.717, 1.165) is 33.9 Å². The van der Waals surface area contributed by atoms with Crippen LogP contribution in [0.3, 0.4) is 0 Å². The second-order valence-corrected chi connectivity index (χ2v) is 9.33. The van der Waals surface area contributed by atoms with Crippen LogP contribution in [-0.4, -0.2) is 41.8 Å². The number of esters is 1. The zero-order valence-corrected chi connectivity index (χ0v) is 20.6. The van der Waals surface area contributed by atoms with Gasteiger partial charge in [0, 0.05) is 31.3 Å². The number of thiazole rings is 1. The van der Waals surface area contributed by atoms with Crippen LogP contribution in [0.2, 0.25) is 0 Å². The molecule has 0 saturated heterocycles. The Kier molecular flexibility index (Phi) is 8.46. The number of carbonyl (C=O) groups is 3. The van der Waals surface area contributed by atoms with E-state index in [0.29, 0.717) is 5.01 Å². The largest absolute Gasteiger partial charge is 0.461 e. The summed E-state index contributed by atoms with van der Waals surface area (Å²) in [4.78, 5) is 42.6. The Morgan fingerprint density at radius 1 is 1.11 bits per heavy atom. The van der Waals surface area contributed by atoms with E-state index >= 15 is 0 Å². The fraction of sp³-hybridized carbons (Fsp3) is 0.280. The molecule has 0 bridgehead atoms. The number of ether oxygens (including phenoxy) is 1. The van der Waals surface area contributed by atoms with Crippen molar-refractivity contribution < 1.29 is 32.3 Å². The summed E-state index contributed by atoms with van der Waals surface area (Å²) in [6.07, 6.45) is -3.37. The van der Waals surface area contributed by atoms with Crippen molar-refractivity contribution in [3.8, 4) is 0 Å². The highest BCUT2D eigenvalue weighted by atomic mass is 32.1. The summed E-state index contributed by atoms with van der Waals surface area (Å²) in [6.45, 7) is 1.91. The first-order valence-electron chi connectivity index (χ1n) is 10.8. The van der Waals surface area contributed by atoms with Crippen LogP contribution >= 0.6 is 11.3 Å². The monoisotopic (exact) mass is 519 g/mol. The van der Waals surface area contributed by atoms with E-state index in [-0.39, 0.29) is 35.1 Å². The maximum atomic E-state index is 13.3. The van der Waals surface area contributed by atoms with Gasteiger partial charge in [0.25, 0.3) is 11.8 Å². The normalized spacial score (nSPS) is 12.1. The molecule has 0 aliphatic carbocycles. The van der Waals surface area contributed by atoms with E-state index in [4.69, 9.17) is 4.74 Å². The number of anilines is 1. The van der Waals surface area contributed by atoms with Gasteiger partial charge in [0.1, 0.15) is 11.5 Å². The van der Waals surface area contributed by atoms with Crippen molar-refractivity contribution in [3.05, 3.63) is 81.3 Å². The fourth-order valence-electron chi connectivity index (χ4n) is 3.19. The van der Waals surface area contributed by atoms with Crippen molar-refractivity contribution in [3.63, 3.8) is 0 Å². The SMILES string of the molecule is CC(CC(=O)OCc1ccccc1)c1ncc(C(=O)Nc2cc(C(=O)N(C)C)cc(C(F)(F)F)c2)s1. The van der Waals surface area contributed by atoms with Gasteiger partial charge >= 0.3 is 12.1 Å². The first-order chi connectivity index (χ1) is 16.9. The number of rotatable bonds is 8. The average Bonchev–Trinajstić information content (AvgIpc) is 3.33. The van der Waals surface area contributed by atoms with Gasteiger partial charge in [-0.1, -0.05) is 37.3 Å². The van der Waals surface area contributed by atoms with Crippen LogP contribution in [0.1, 0.15) is 55.4 Å². The first-order valence-corrected chi connectivity index (χ1v) is 11.7. The molecule has 1 aromatic heterocycles. The second-order valence-electron chi connectivity index (χ2n) is 8.26. The number of nitrogens with one attached hydrogen (secondary N) is 1. The fourth-order valence-corrected chi connectivity index (χ4v) is 4.06. The lowest BCUT2D eigenvalue weighted by atomic mass is 10.1. The number of hydrogen-bond acceptors (Lipinski definition) is 6. The van der Waals surface area contributed by atoms with Gasteiger partial charge in [0.2, 0.25) is 0 Å². The Balaban J connectivity index is 1.67. The van der Waals surface area contributed by atoms with Gasteiger partial charge in [-0.2, -0.15) is 13.2 Å². The van der Waals surface area contributed by atoms with Crippen LogP contribution in [0.5, 0.6) is 0 Å². The maximum absolute atomic E-state index is 13.3. The topological polar surface area (TPSA) is 88.6 Å². The molecule has 190 valence electrons. The second kappa shape index (κ2) is 11.3. The number of carbonyl (C=O) groups excluding carboxylic acids is 3. The summed E-state index contributed by atoms with van der Waals surface area (Å²) in [5.74, 6) is -2.07. The molecule has 0 radical (unpaired) electrons. The minimum absolute atomic E-state index is 0.0467. The number of alkyl halides is 3. The molecule has 0 fully saturated rings. The van der Waals surface area contributed by atoms with Crippen molar-refractivity contribution in [1.82, 2.24) is 9.88 Å². The summed E-state index contributed by atoms with van der Waals surface area (Å²) in [5, 5.41) is 2.91. The first kappa shape index (κ1) is 26.9. The summed E-state index contributed by atoms with van der Waals surface area (Å²) in [6, 6.07) is 11.9. The highest BCUT2D eigenvalue weighted by molar-refractivity contribution is 7.13. The van der Waals surface area contributed by atoms with Crippen molar-refractivity contribution in [2.75, 3.05) is 19.4 Å². The molecule has 36 heavy (non-hydrogen) atoms. The third kappa shape index (κ3) is 7.14. The highest BCUT2D eigenvalue weighted by Crippen LogP contribution is 2.33. The summed E-state index contributed by atoms with van der Waals surface area (Å²) < 4.78 is 45.3. The summed E-state index contributed by atoms with van der Waals surface area (Å²) >= 11 is 1.02. The minimum Gasteiger partial charge on any atom is -0.461 e. The van der Waals surface area contributed by atoms with E-state index in [1.165, 1.54) is 26.4 Å². The predicted octanol–water partition coefficient (Wildman–Crippen LogP) is 5.35. The summed E-state index contributed by atoms with van der Waals surface area (Å²) in [7, 11) is 2.83. The average molecular weight is 520 g/mol. The number of nitrogens with zero attached hydrogens (tertiary/aromatic N) is 2. The zero-order valence-electron chi connectivity index (χ0n) is 19.8. The van der Waals surface area contributed by atoms with Crippen LogP contribution in [0.15, 0.2) is 54.7 Å². The smallest absolute Gasteiger partial charge is 0.416 e. The lowest BCUT2D eigenvalue weighted by Gasteiger charge is -2.15. The number of halogens is 3. The molecule has 2 aromatic carbocycles. The molecule has 0 spiro atoms. The third-order valence-electron chi connectivity index (χ3n) is 5.06. The van der Waals surface area contributed by atoms with Gasteiger partial charge in [0.15, 0.2) is 0 Å². The van der Waals surface area contributed by atoms with Gasteiger partial charge in [-0.15, -0.1) is 11.3 Å². The van der Waals surface area contributed by atoms with Gasteiger partial charge in [-0.25, -0.2) is 4.98 Å². The molecule has 0 aliphatic heterocycles. The van der Waals surface area contributed by atoms with Crippen LogP contribution < -0.4 is 5.32 Å². The molecule has 11 heteroatoms. The lowest BCUT2D eigenvalue weighted by molar-refractivity contribution is -0.145. The molecular formula is C25H24F3N3O4S. The Morgan fingerprint density at radius 3 is 2.44 bits per heavy atom.